The molecule has 0 aliphatic heterocycles. The van der Waals surface area contributed by atoms with Crippen molar-refractivity contribution < 1.29 is 19.2 Å². The number of hydrogen-bond acceptors (Lipinski definition) is 7. The molecule has 0 saturated heterocycles. The fourth-order valence-corrected chi connectivity index (χ4v) is 7.07. The number of ketones is 1. The lowest BCUT2D eigenvalue weighted by molar-refractivity contribution is -0.132. The van der Waals surface area contributed by atoms with E-state index in [1.165, 1.54) is 0 Å². The van der Waals surface area contributed by atoms with Gasteiger partial charge in [-0.05, 0) is 93.5 Å². The third-order valence-electron chi connectivity index (χ3n) is 9.76. The Morgan fingerprint density at radius 3 is 2.25 bits per heavy atom. The number of para-hydroxylation sites is 1. The Bertz CT molecular complexity index is 1610. The number of Topliss-reactive ketones (excluding diaryl/α,β-unsaturated/α-hetero) is 1. The lowest BCUT2D eigenvalue weighted by atomic mass is 9.89. The van der Waals surface area contributed by atoms with Crippen LogP contribution in [-0.2, 0) is 32.0 Å². The van der Waals surface area contributed by atoms with E-state index in [0.717, 1.165) is 41.3 Å². The van der Waals surface area contributed by atoms with E-state index in [2.05, 4.69) is 20.6 Å². The molecule has 53 heavy (non-hydrogen) atoms. The molecule has 11 N–H and O–H groups in total. The van der Waals surface area contributed by atoms with Gasteiger partial charge in [-0.25, -0.2) is 0 Å². The van der Waals surface area contributed by atoms with Crippen LogP contribution in [0.5, 0.6) is 0 Å². The number of aliphatic imine (C=N–C) groups is 1. The first-order chi connectivity index (χ1) is 25.5. The second kappa shape index (κ2) is 23.3. The Hall–Kier alpha value is -4.36. The van der Waals surface area contributed by atoms with E-state index in [9.17, 15) is 19.2 Å². The second-order valence-corrected chi connectivity index (χ2v) is 15.0. The van der Waals surface area contributed by atoms with Crippen LogP contribution < -0.4 is 33.6 Å². The Morgan fingerprint density at radius 1 is 0.811 bits per heavy atom. The Kier molecular flexibility index (Phi) is 19.0. The van der Waals surface area contributed by atoms with Crippen LogP contribution in [0, 0.1) is 17.8 Å². The fourth-order valence-electron chi connectivity index (χ4n) is 6.59. The van der Waals surface area contributed by atoms with Crippen molar-refractivity contribution in [1.82, 2.24) is 15.6 Å². The molecule has 3 amide bonds. The number of H-pyrrole nitrogens is 1. The average molecular weight is 749 g/mol. The molecule has 0 aliphatic rings. The maximum absolute atomic E-state index is 14.3. The van der Waals surface area contributed by atoms with Crippen molar-refractivity contribution in [2.75, 3.05) is 25.1 Å². The number of nitrogens with zero attached hydrogens (tertiary/aromatic N) is 1. The van der Waals surface area contributed by atoms with Crippen LogP contribution >= 0.6 is 11.8 Å². The first-order valence-electron chi connectivity index (χ1n) is 18.8. The van der Waals surface area contributed by atoms with Gasteiger partial charge in [-0.2, -0.15) is 11.8 Å². The maximum Gasteiger partial charge on any atom is 0.224 e. The van der Waals surface area contributed by atoms with Crippen LogP contribution in [0.15, 0.2) is 65.8 Å². The van der Waals surface area contributed by atoms with Crippen LogP contribution in [0.2, 0.25) is 0 Å². The number of rotatable bonds is 26. The number of amides is 3. The molecule has 1 heterocycles. The van der Waals surface area contributed by atoms with Crippen LogP contribution in [0.25, 0.3) is 10.9 Å². The minimum Gasteiger partial charge on any atom is -0.370 e. The topological polar surface area (TPSA) is 225 Å². The van der Waals surface area contributed by atoms with E-state index in [4.69, 9.17) is 22.9 Å². The summed E-state index contributed by atoms with van der Waals surface area (Å²) in [7, 11) is 0. The predicted molar refractivity (Wildman–Crippen MR) is 216 cm³/mol. The highest BCUT2D eigenvalue weighted by molar-refractivity contribution is 7.98. The molecule has 3 aromatic rings. The molecule has 0 bridgehead atoms. The van der Waals surface area contributed by atoms with Crippen molar-refractivity contribution in [1.29, 1.82) is 0 Å². The van der Waals surface area contributed by atoms with Gasteiger partial charge in [0.05, 0.1) is 6.04 Å². The van der Waals surface area contributed by atoms with Crippen LogP contribution in [-0.4, -0.2) is 71.6 Å². The first-order valence-corrected chi connectivity index (χ1v) is 20.2. The van der Waals surface area contributed by atoms with Crippen LogP contribution in [0.3, 0.4) is 0 Å². The number of primary amides is 1. The van der Waals surface area contributed by atoms with Crippen molar-refractivity contribution in [2.24, 2.45) is 45.7 Å². The number of unbranched alkanes of at least 4 members (excludes halogenated alkanes) is 1. The molecular formula is C40H60N8O4S. The minimum absolute atomic E-state index is 0.0335. The van der Waals surface area contributed by atoms with Gasteiger partial charge >= 0.3 is 0 Å². The number of nitrogens with two attached hydrogens (primary N) is 4. The molecule has 1 aromatic heterocycles. The van der Waals surface area contributed by atoms with E-state index < -0.39 is 23.8 Å². The summed E-state index contributed by atoms with van der Waals surface area (Å²) in [4.78, 5) is 61.2. The van der Waals surface area contributed by atoms with Gasteiger partial charge in [0.2, 0.25) is 17.7 Å². The highest BCUT2D eigenvalue weighted by Gasteiger charge is 2.30. The average Bonchev–Trinajstić information content (AvgIpc) is 3.55. The van der Waals surface area contributed by atoms with Gasteiger partial charge in [0.1, 0.15) is 0 Å². The summed E-state index contributed by atoms with van der Waals surface area (Å²) in [6, 6.07) is 16.5. The number of carbonyl (C=O) groups excluding carboxylic acids is 4. The molecule has 12 nitrogen and oxygen atoms in total. The molecule has 290 valence electrons. The van der Waals surface area contributed by atoms with Gasteiger partial charge in [0.25, 0.3) is 0 Å². The van der Waals surface area contributed by atoms with Gasteiger partial charge in [0.15, 0.2) is 11.7 Å². The number of aromatic nitrogens is 1. The van der Waals surface area contributed by atoms with Crippen molar-refractivity contribution >= 4 is 52.1 Å². The van der Waals surface area contributed by atoms with Crippen molar-refractivity contribution in [2.45, 2.75) is 89.6 Å². The van der Waals surface area contributed by atoms with E-state index in [0.29, 0.717) is 63.8 Å². The van der Waals surface area contributed by atoms with Crippen molar-refractivity contribution in [3.8, 4) is 0 Å². The first kappa shape index (κ1) is 43.0. The molecule has 0 aliphatic carbocycles. The number of carbonyl (C=O) groups is 4. The fraction of sp³-hybridized carbons (Fsp3) is 0.525. The van der Waals surface area contributed by atoms with Gasteiger partial charge < -0.3 is 38.6 Å². The molecule has 3 rings (SSSR count). The number of nitrogens with one attached hydrogen (secondary N) is 3. The third kappa shape index (κ3) is 15.3. The Balaban J connectivity index is 1.80. The quantitative estimate of drug-likeness (QED) is 0.0361. The standard InChI is InChI=1S/C40H60N8O4S/c1-27(11-10-21-45-40(43)44)38(51)47-32(14-8-9-20-41)18-17-29(24-31-26-46-34-16-7-6-15-33(31)34)39(52)48-35(19-22-53-2)36(49)25-30(37(42)50)23-28-12-4-3-5-13-28/h3-7,12-13,15-16,26-27,29-30,32,35,46H,8-11,14,17-25,41H2,1-2H3,(H2,42,50)(H,47,51)(H,48,52)(H4,43,44,45)/t27-,29-,30+,32-,35-/m0/s1. The monoisotopic (exact) mass is 748 g/mol. The Morgan fingerprint density at radius 2 is 1.55 bits per heavy atom. The third-order valence-corrected chi connectivity index (χ3v) is 10.4. The van der Waals surface area contributed by atoms with E-state index in [1.807, 2.05) is 74.0 Å². The number of hydrogen-bond donors (Lipinski definition) is 7. The number of aromatic amines is 1. The molecule has 0 unspecified atom stereocenters. The van der Waals surface area contributed by atoms with Gasteiger partial charge in [0, 0.05) is 53.9 Å². The molecule has 5 atom stereocenters. The highest BCUT2D eigenvalue weighted by Crippen LogP contribution is 2.25. The summed E-state index contributed by atoms with van der Waals surface area (Å²) < 4.78 is 0. The molecule has 0 saturated carbocycles. The van der Waals surface area contributed by atoms with Crippen molar-refractivity contribution in [3.05, 3.63) is 71.9 Å². The predicted octanol–water partition coefficient (Wildman–Crippen LogP) is 3.95. The maximum atomic E-state index is 14.3. The SMILES string of the molecule is CSCC[C@H](NC(=O)[C@@H](CC[C@H](CCCCN)NC(=O)[C@@H](C)CCCN=C(N)N)Cc1c[nH]c2ccccc12)C(=O)C[C@@H](Cc1ccccc1)C(N)=O. The summed E-state index contributed by atoms with van der Waals surface area (Å²) in [6.45, 7) is 2.91. The summed E-state index contributed by atoms with van der Waals surface area (Å²) in [5.41, 5.74) is 25.3. The zero-order valence-corrected chi connectivity index (χ0v) is 32.2. The molecular weight excluding hydrogens is 689 g/mol. The zero-order valence-electron chi connectivity index (χ0n) is 31.4. The van der Waals surface area contributed by atoms with E-state index in [1.54, 1.807) is 11.8 Å². The molecule has 0 spiro atoms. The van der Waals surface area contributed by atoms with Crippen LogP contribution in [0.1, 0.15) is 75.8 Å². The van der Waals surface area contributed by atoms with Crippen molar-refractivity contribution in [3.63, 3.8) is 0 Å². The summed E-state index contributed by atoms with van der Waals surface area (Å²) >= 11 is 1.59. The van der Waals surface area contributed by atoms with Gasteiger partial charge in [-0.1, -0.05) is 61.9 Å². The second-order valence-electron chi connectivity index (χ2n) is 14.0. The highest BCUT2D eigenvalue weighted by atomic mass is 32.2. The molecule has 2 aromatic carbocycles. The summed E-state index contributed by atoms with van der Waals surface area (Å²) in [5, 5.41) is 7.37. The lowest BCUT2D eigenvalue weighted by Crippen LogP contribution is -2.46. The number of benzene rings is 2. The van der Waals surface area contributed by atoms with Gasteiger partial charge in [-0.15, -0.1) is 0 Å². The van der Waals surface area contributed by atoms with Crippen LogP contribution in [0.4, 0.5) is 0 Å². The summed E-state index contributed by atoms with van der Waals surface area (Å²) in [6.07, 6.45) is 9.83. The molecule has 13 heteroatoms. The normalized spacial score (nSPS) is 14.1. The molecule has 0 radical (unpaired) electrons. The number of thioether (sulfide) groups is 1. The van der Waals surface area contributed by atoms with Gasteiger partial charge in [-0.3, -0.25) is 24.2 Å². The lowest BCUT2D eigenvalue weighted by Gasteiger charge is -2.26. The van der Waals surface area contributed by atoms with E-state index >= 15 is 0 Å². The number of fused-ring (bicyclic) bond motifs is 1. The summed E-state index contributed by atoms with van der Waals surface area (Å²) in [5.74, 6) is -1.75. The number of guanidine groups is 1. The minimum atomic E-state index is -0.766. The van der Waals surface area contributed by atoms with E-state index in [-0.39, 0.29) is 41.9 Å². The molecule has 0 fully saturated rings. The smallest absolute Gasteiger partial charge is 0.224 e. The Labute approximate surface area is 318 Å². The zero-order chi connectivity index (χ0) is 38.6. The largest absolute Gasteiger partial charge is 0.370 e.